The molecule has 470 valence electrons. The molecular formula is C73H143NO5. The molecule has 0 spiro atoms. The fourth-order valence-electron chi connectivity index (χ4n) is 11.8. The summed E-state index contributed by atoms with van der Waals surface area (Å²) < 4.78 is 5.51. The molecule has 79 heavy (non-hydrogen) atoms. The van der Waals surface area contributed by atoms with Gasteiger partial charge >= 0.3 is 5.97 Å². The molecule has 6 nitrogen and oxygen atoms in total. The Balaban J connectivity index is 3.32. The predicted octanol–water partition coefficient (Wildman–Crippen LogP) is 23.5. The zero-order chi connectivity index (χ0) is 57.1. The van der Waals surface area contributed by atoms with Crippen LogP contribution < -0.4 is 5.32 Å². The molecule has 1 amide bonds. The van der Waals surface area contributed by atoms with Gasteiger partial charge < -0.3 is 20.3 Å². The van der Waals surface area contributed by atoms with Gasteiger partial charge in [0.05, 0.1) is 25.4 Å². The first-order valence-corrected chi connectivity index (χ1v) is 36.4. The van der Waals surface area contributed by atoms with Crippen LogP contribution in [-0.4, -0.2) is 47.4 Å². The molecule has 0 aromatic carbocycles. The third-order valence-corrected chi connectivity index (χ3v) is 17.3. The minimum Gasteiger partial charge on any atom is -0.466 e. The summed E-state index contributed by atoms with van der Waals surface area (Å²) >= 11 is 0. The summed E-state index contributed by atoms with van der Waals surface area (Å²) in [6, 6.07) is -0.539. The maximum atomic E-state index is 12.5. The zero-order valence-corrected chi connectivity index (χ0v) is 53.9. The van der Waals surface area contributed by atoms with Crippen LogP contribution in [0.2, 0.25) is 0 Å². The molecule has 0 radical (unpaired) electrons. The van der Waals surface area contributed by atoms with E-state index in [-0.39, 0.29) is 18.5 Å². The van der Waals surface area contributed by atoms with Gasteiger partial charge in [-0.1, -0.05) is 366 Å². The van der Waals surface area contributed by atoms with Gasteiger partial charge in [-0.2, -0.15) is 0 Å². The fourth-order valence-corrected chi connectivity index (χ4v) is 11.8. The second-order valence-electron chi connectivity index (χ2n) is 25.3. The van der Waals surface area contributed by atoms with Crippen molar-refractivity contribution in [3.05, 3.63) is 12.2 Å². The molecule has 0 aromatic rings. The number of allylic oxidation sites excluding steroid dienone is 2. The number of esters is 1. The number of carbonyl (C=O) groups is 2. The lowest BCUT2D eigenvalue weighted by Gasteiger charge is -2.22. The molecule has 0 rings (SSSR count). The van der Waals surface area contributed by atoms with E-state index in [1.54, 1.807) is 0 Å². The minimum atomic E-state index is -0.662. The molecule has 0 aliphatic heterocycles. The van der Waals surface area contributed by atoms with E-state index in [0.717, 1.165) is 38.5 Å². The molecule has 0 aliphatic rings. The first kappa shape index (κ1) is 77.6. The Morgan fingerprint density at radius 2 is 0.595 bits per heavy atom. The second kappa shape index (κ2) is 69.1. The van der Waals surface area contributed by atoms with Crippen LogP contribution in [-0.2, 0) is 14.3 Å². The normalized spacial score (nSPS) is 12.5. The Hall–Kier alpha value is -1.40. The molecule has 0 saturated carbocycles. The Morgan fingerprint density at radius 1 is 0.342 bits per heavy atom. The number of amides is 1. The second-order valence-corrected chi connectivity index (χ2v) is 25.3. The smallest absolute Gasteiger partial charge is 0.305 e. The summed E-state index contributed by atoms with van der Waals surface area (Å²) in [6.45, 7) is 4.99. The van der Waals surface area contributed by atoms with E-state index in [4.69, 9.17) is 4.74 Å². The van der Waals surface area contributed by atoms with Crippen LogP contribution in [0.15, 0.2) is 12.2 Å². The van der Waals surface area contributed by atoms with Gasteiger partial charge in [-0.15, -0.1) is 0 Å². The van der Waals surface area contributed by atoms with Crippen LogP contribution in [0.25, 0.3) is 0 Å². The standard InChI is InChI=1S/C73H143NO5/c1-3-5-7-9-11-13-15-17-19-21-31-35-39-43-47-51-55-59-63-67-73(78)79-68-64-60-56-52-48-44-40-36-33-30-28-26-24-22-23-25-27-29-32-34-38-42-46-50-54-58-62-66-72(77)74-70(69-75)71(76)65-61-57-53-49-45-41-37-20-18-16-14-12-10-8-6-4-2/h17,19,70-71,75-76H,3-16,18,20-69H2,1-2H3,(H,74,77)/b19-17-. The van der Waals surface area contributed by atoms with Gasteiger partial charge in [0.1, 0.15) is 0 Å². The summed E-state index contributed by atoms with van der Waals surface area (Å²) in [6.07, 6.45) is 85.5. The van der Waals surface area contributed by atoms with E-state index in [9.17, 15) is 19.8 Å². The average Bonchev–Trinajstić information content (AvgIpc) is 3.45. The summed E-state index contributed by atoms with van der Waals surface area (Å²) in [5.41, 5.74) is 0. The SMILES string of the molecule is CCCCCCCC/C=C\CCCCCCCCCCCC(=O)OCCCCCCCCCCCCCCCCCCCCCCCCCCCCCC(=O)NC(CO)C(O)CCCCCCCCCCCCCCCCCC. The number of carbonyl (C=O) groups excluding carboxylic acids is 2. The molecule has 0 aromatic heterocycles. The van der Waals surface area contributed by atoms with Crippen molar-refractivity contribution in [1.29, 1.82) is 0 Å². The van der Waals surface area contributed by atoms with Gasteiger partial charge in [0.2, 0.25) is 5.91 Å². The number of hydrogen-bond acceptors (Lipinski definition) is 5. The molecule has 0 bridgehead atoms. The maximum absolute atomic E-state index is 12.5. The number of aliphatic hydroxyl groups is 2. The monoisotopic (exact) mass is 1110 g/mol. The van der Waals surface area contributed by atoms with Gasteiger partial charge in [0.25, 0.3) is 0 Å². The van der Waals surface area contributed by atoms with Gasteiger partial charge in [-0.3, -0.25) is 9.59 Å². The van der Waals surface area contributed by atoms with E-state index in [1.807, 2.05) is 0 Å². The van der Waals surface area contributed by atoms with Crippen LogP contribution in [0, 0.1) is 0 Å². The van der Waals surface area contributed by atoms with Crippen molar-refractivity contribution in [3.8, 4) is 0 Å². The Bertz CT molecular complexity index is 1190. The largest absolute Gasteiger partial charge is 0.466 e. The molecule has 2 unspecified atom stereocenters. The Kier molecular flexibility index (Phi) is 67.9. The summed E-state index contributed by atoms with van der Waals surface area (Å²) in [4.78, 5) is 24.6. The van der Waals surface area contributed by atoms with Crippen LogP contribution in [0.1, 0.15) is 418 Å². The van der Waals surface area contributed by atoms with Crippen LogP contribution in [0.5, 0.6) is 0 Å². The number of hydrogen-bond donors (Lipinski definition) is 3. The summed E-state index contributed by atoms with van der Waals surface area (Å²) in [7, 11) is 0. The first-order valence-electron chi connectivity index (χ1n) is 36.4. The van der Waals surface area contributed by atoms with Gasteiger partial charge in [-0.05, 0) is 51.4 Å². The highest BCUT2D eigenvalue weighted by Gasteiger charge is 2.20. The van der Waals surface area contributed by atoms with E-state index in [1.165, 1.54) is 347 Å². The van der Waals surface area contributed by atoms with Crippen molar-refractivity contribution in [3.63, 3.8) is 0 Å². The number of nitrogens with one attached hydrogen (secondary N) is 1. The lowest BCUT2D eigenvalue weighted by molar-refractivity contribution is -0.143. The molecule has 0 heterocycles. The molecule has 0 saturated heterocycles. The third-order valence-electron chi connectivity index (χ3n) is 17.3. The lowest BCUT2D eigenvalue weighted by atomic mass is 10.0. The van der Waals surface area contributed by atoms with E-state index < -0.39 is 12.1 Å². The highest BCUT2D eigenvalue weighted by Crippen LogP contribution is 2.19. The molecular weight excluding hydrogens is 971 g/mol. The summed E-state index contributed by atoms with van der Waals surface area (Å²) in [5.74, 6) is -0.00956. The van der Waals surface area contributed by atoms with Gasteiger partial charge in [-0.25, -0.2) is 0 Å². The number of aliphatic hydroxyl groups excluding tert-OH is 2. The van der Waals surface area contributed by atoms with E-state index in [2.05, 4.69) is 31.3 Å². The minimum absolute atomic E-state index is 0.0188. The van der Waals surface area contributed by atoms with Gasteiger partial charge in [0, 0.05) is 12.8 Å². The summed E-state index contributed by atoms with van der Waals surface area (Å²) in [5, 5.41) is 23.4. The fraction of sp³-hybridized carbons (Fsp3) is 0.945. The number of unbranched alkanes of at least 4 members (excludes halogenated alkanes) is 56. The molecule has 2 atom stereocenters. The van der Waals surface area contributed by atoms with Crippen molar-refractivity contribution in [2.75, 3.05) is 13.2 Å². The zero-order valence-electron chi connectivity index (χ0n) is 53.9. The van der Waals surface area contributed by atoms with Crippen molar-refractivity contribution >= 4 is 11.9 Å². The quantitative estimate of drug-likeness (QED) is 0.0320. The first-order chi connectivity index (χ1) is 39.0. The van der Waals surface area contributed by atoms with Crippen LogP contribution in [0.3, 0.4) is 0 Å². The molecule has 0 aliphatic carbocycles. The maximum Gasteiger partial charge on any atom is 0.305 e. The average molecular weight is 1110 g/mol. The van der Waals surface area contributed by atoms with Crippen LogP contribution in [0.4, 0.5) is 0 Å². The van der Waals surface area contributed by atoms with Crippen molar-refractivity contribution < 1.29 is 24.5 Å². The topological polar surface area (TPSA) is 95.9 Å². The van der Waals surface area contributed by atoms with Crippen molar-refractivity contribution in [2.45, 2.75) is 431 Å². The third kappa shape index (κ3) is 65.6. The van der Waals surface area contributed by atoms with E-state index in [0.29, 0.717) is 25.9 Å². The highest BCUT2D eigenvalue weighted by atomic mass is 16.5. The molecule has 0 fully saturated rings. The highest BCUT2D eigenvalue weighted by molar-refractivity contribution is 5.76. The lowest BCUT2D eigenvalue weighted by Crippen LogP contribution is -2.45. The Labute approximate surface area is 495 Å². The Morgan fingerprint density at radius 3 is 0.899 bits per heavy atom. The number of rotatable bonds is 69. The van der Waals surface area contributed by atoms with Gasteiger partial charge in [0.15, 0.2) is 0 Å². The molecule has 3 N–H and O–H groups in total. The predicted molar refractivity (Wildman–Crippen MR) is 347 cm³/mol. The van der Waals surface area contributed by atoms with E-state index >= 15 is 0 Å². The van der Waals surface area contributed by atoms with Crippen molar-refractivity contribution in [1.82, 2.24) is 5.32 Å². The molecule has 6 heteroatoms. The van der Waals surface area contributed by atoms with Crippen LogP contribution >= 0.6 is 0 Å². The number of ether oxygens (including phenoxy) is 1. The van der Waals surface area contributed by atoms with Crippen molar-refractivity contribution in [2.24, 2.45) is 0 Å².